The number of carbonyl (C=O) groups is 1. The molecule has 8 heteroatoms. The summed E-state index contributed by atoms with van der Waals surface area (Å²) in [7, 11) is 0. The average Bonchev–Trinajstić information content (AvgIpc) is 3.00. The lowest BCUT2D eigenvalue weighted by Crippen LogP contribution is -2.17. The van der Waals surface area contributed by atoms with E-state index in [-0.39, 0.29) is 11.7 Å². The maximum atomic E-state index is 12.9. The number of aromatic nitrogens is 1. The number of ether oxygens (including phenoxy) is 1. The molecule has 1 amide bonds. The number of nitrogens with one attached hydrogen (secondary N) is 1. The Morgan fingerprint density at radius 3 is 2.59 bits per heavy atom. The second-order valence-electron chi connectivity index (χ2n) is 5.65. The Kier molecular flexibility index (Phi) is 5.77. The second-order valence-corrected chi connectivity index (χ2v) is 6.68. The van der Waals surface area contributed by atoms with Crippen LogP contribution in [0.1, 0.15) is 26.5 Å². The van der Waals surface area contributed by atoms with E-state index >= 15 is 0 Å². The molecule has 0 atom stereocenters. The monoisotopic (exact) mass is 384 g/mol. The van der Waals surface area contributed by atoms with Gasteiger partial charge in [-0.15, -0.1) is 0 Å². The largest absolute Gasteiger partial charge is 0.489 e. The summed E-state index contributed by atoms with van der Waals surface area (Å²) in [5.74, 6) is 0.0527. The van der Waals surface area contributed by atoms with E-state index in [1.807, 2.05) is 12.1 Å². The first-order chi connectivity index (χ1) is 13.0. The number of rotatable bonds is 6. The Morgan fingerprint density at radius 2 is 1.96 bits per heavy atom. The molecule has 0 saturated heterocycles. The summed E-state index contributed by atoms with van der Waals surface area (Å²) in [6.07, 6.45) is 1.53. The van der Waals surface area contributed by atoms with Gasteiger partial charge >= 0.3 is 0 Å². The summed E-state index contributed by atoms with van der Waals surface area (Å²) in [4.78, 5) is 16.5. The van der Waals surface area contributed by atoms with Crippen molar-refractivity contribution in [1.82, 2.24) is 10.4 Å². The van der Waals surface area contributed by atoms with Crippen molar-refractivity contribution in [2.75, 3.05) is 5.73 Å². The molecule has 1 heterocycles. The lowest BCUT2D eigenvalue weighted by Gasteiger charge is -2.06. The van der Waals surface area contributed by atoms with Gasteiger partial charge < -0.3 is 10.5 Å². The number of hydrazone groups is 1. The average molecular weight is 384 g/mol. The van der Waals surface area contributed by atoms with E-state index in [2.05, 4.69) is 15.5 Å². The molecular weight excluding hydrogens is 367 g/mol. The van der Waals surface area contributed by atoms with Crippen molar-refractivity contribution in [2.24, 2.45) is 5.10 Å². The van der Waals surface area contributed by atoms with E-state index in [0.29, 0.717) is 28.1 Å². The number of nitrogens with two attached hydrogens (primary N) is 1. The number of nitrogen functional groups attached to an aromatic ring is 1. The molecule has 3 aromatic rings. The van der Waals surface area contributed by atoms with Crippen molar-refractivity contribution in [3.05, 3.63) is 76.0 Å². The highest BCUT2D eigenvalue weighted by Crippen LogP contribution is 2.19. The molecule has 0 aliphatic rings. The Bertz CT molecular complexity index is 953. The molecule has 0 bridgehead atoms. The molecule has 3 rings (SSSR count). The van der Waals surface area contributed by atoms with Gasteiger partial charge in [-0.2, -0.15) is 5.10 Å². The van der Waals surface area contributed by atoms with Crippen molar-refractivity contribution in [2.45, 2.75) is 13.5 Å². The fraction of sp³-hybridized carbons (Fsp3) is 0.105. The number of benzene rings is 2. The van der Waals surface area contributed by atoms with Gasteiger partial charge in [-0.1, -0.05) is 23.5 Å². The van der Waals surface area contributed by atoms with Crippen molar-refractivity contribution >= 4 is 28.6 Å². The zero-order chi connectivity index (χ0) is 19.2. The van der Waals surface area contributed by atoms with Crippen molar-refractivity contribution in [3.8, 4) is 5.75 Å². The fourth-order valence-corrected chi connectivity index (χ4v) is 2.96. The number of thiazole rings is 1. The zero-order valence-electron chi connectivity index (χ0n) is 14.5. The van der Waals surface area contributed by atoms with Crippen LogP contribution in [0.25, 0.3) is 0 Å². The van der Waals surface area contributed by atoms with E-state index in [9.17, 15) is 9.18 Å². The number of anilines is 1. The summed E-state index contributed by atoms with van der Waals surface area (Å²) < 4.78 is 18.5. The molecule has 0 spiro atoms. The summed E-state index contributed by atoms with van der Waals surface area (Å²) >= 11 is 1.12. The summed E-state index contributed by atoms with van der Waals surface area (Å²) in [5, 5.41) is 4.28. The van der Waals surface area contributed by atoms with Gasteiger partial charge in [0.05, 0.1) is 11.9 Å². The van der Waals surface area contributed by atoms with Crippen LogP contribution in [0, 0.1) is 12.7 Å². The van der Waals surface area contributed by atoms with E-state index < -0.39 is 0 Å². The van der Waals surface area contributed by atoms with E-state index in [1.165, 1.54) is 18.3 Å². The Morgan fingerprint density at radius 1 is 1.26 bits per heavy atom. The van der Waals surface area contributed by atoms with Crippen LogP contribution in [0.2, 0.25) is 0 Å². The highest BCUT2D eigenvalue weighted by molar-refractivity contribution is 7.17. The minimum absolute atomic E-state index is 0.275. The molecule has 0 radical (unpaired) electrons. The Labute approximate surface area is 159 Å². The van der Waals surface area contributed by atoms with Gasteiger partial charge in [-0.3, -0.25) is 4.79 Å². The van der Waals surface area contributed by atoms with Gasteiger partial charge in [0.1, 0.15) is 23.1 Å². The molecule has 0 aliphatic carbocycles. The number of hydrogen-bond donors (Lipinski definition) is 2. The van der Waals surface area contributed by atoms with E-state index in [0.717, 1.165) is 22.5 Å². The molecule has 138 valence electrons. The lowest BCUT2D eigenvalue weighted by molar-refractivity contribution is 0.0958. The van der Waals surface area contributed by atoms with Gasteiger partial charge in [0.15, 0.2) is 5.13 Å². The first kappa shape index (κ1) is 18.5. The summed E-state index contributed by atoms with van der Waals surface area (Å²) in [5.41, 5.74) is 10.3. The predicted octanol–water partition coefficient (Wildman–Crippen LogP) is 3.52. The van der Waals surface area contributed by atoms with Gasteiger partial charge in [0.25, 0.3) is 5.91 Å². The van der Waals surface area contributed by atoms with Gasteiger partial charge in [0, 0.05) is 0 Å². The minimum Gasteiger partial charge on any atom is -0.489 e. The SMILES string of the molecule is Cc1nc(N)sc1C(=O)N/N=C\c1ccc(OCc2ccc(F)cc2)cc1. The molecule has 0 unspecified atom stereocenters. The smallest absolute Gasteiger partial charge is 0.283 e. The van der Waals surface area contributed by atoms with Gasteiger partial charge in [-0.05, 0) is 54.4 Å². The molecule has 0 aliphatic heterocycles. The van der Waals surface area contributed by atoms with Crippen molar-refractivity contribution < 1.29 is 13.9 Å². The molecule has 2 aromatic carbocycles. The molecule has 6 nitrogen and oxygen atoms in total. The molecule has 27 heavy (non-hydrogen) atoms. The molecule has 1 aromatic heterocycles. The highest BCUT2D eigenvalue weighted by Gasteiger charge is 2.13. The Hall–Kier alpha value is -3.26. The van der Waals surface area contributed by atoms with Gasteiger partial charge in [-0.25, -0.2) is 14.8 Å². The zero-order valence-corrected chi connectivity index (χ0v) is 15.3. The fourth-order valence-electron chi connectivity index (χ4n) is 2.24. The maximum Gasteiger partial charge on any atom is 0.283 e. The first-order valence-corrected chi connectivity index (χ1v) is 8.86. The number of carbonyl (C=O) groups excluding carboxylic acids is 1. The molecule has 3 N–H and O–H groups in total. The topological polar surface area (TPSA) is 89.6 Å². The minimum atomic E-state index is -0.350. The summed E-state index contributed by atoms with van der Waals surface area (Å²) in [6.45, 7) is 2.07. The van der Waals surface area contributed by atoms with Crippen LogP contribution in [0.15, 0.2) is 53.6 Å². The van der Waals surface area contributed by atoms with Crippen molar-refractivity contribution in [3.63, 3.8) is 0 Å². The normalized spacial score (nSPS) is 10.9. The predicted molar refractivity (Wildman–Crippen MR) is 103 cm³/mol. The van der Waals surface area contributed by atoms with Crippen LogP contribution >= 0.6 is 11.3 Å². The first-order valence-electron chi connectivity index (χ1n) is 8.05. The third-order valence-corrected chi connectivity index (χ3v) is 4.58. The molecule has 0 fully saturated rings. The Balaban J connectivity index is 1.52. The maximum absolute atomic E-state index is 12.9. The molecule has 0 saturated carbocycles. The second kappa shape index (κ2) is 8.41. The van der Waals surface area contributed by atoms with Crippen molar-refractivity contribution in [1.29, 1.82) is 0 Å². The third-order valence-electron chi connectivity index (χ3n) is 3.60. The highest BCUT2D eigenvalue weighted by atomic mass is 32.1. The van der Waals surface area contributed by atoms with Crippen LogP contribution in [0.4, 0.5) is 9.52 Å². The number of aryl methyl sites for hydroxylation is 1. The number of hydrogen-bond acceptors (Lipinski definition) is 6. The number of amides is 1. The third kappa shape index (κ3) is 5.11. The molecular formula is C19H17FN4O2S. The number of halogens is 1. The lowest BCUT2D eigenvalue weighted by atomic mass is 10.2. The van der Waals surface area contributed by atoms with Crippen LogP contribution in [0.5, 0.6) is 5.75 Å². The van der Waals surface area contributed by atoms with Crippen LogP contribution in [-0.2, 0) is 6.61 Å². The van der Waals surface area contributed by atoms with Crippen LogP contribution in [0.3, 0.4) is 0 Å². The van der Waals surface area contributed by atoms with E-state index in [1.54, 1.807) is 31.2 Å². The summed E-state index contributed by atoms with van der Waals surface area (Å²) in [6, 6.07) is 13.4. The quantitative estimate of drug-likeness (QED) is 0.503. The van der Waals surface area contributed by atoms with Crippen LogP contribution < -0.4 is 15.9 Å². The standard InChI is InChI=1S/C19H17FN4O2S/c1-12-17(27-19(21)23-12)18(25)24-22-10-13-4-8-16(9-5-13)26-11-14-2-6-15(20)7-3-14/h2-10H,11H2,1H3,(H2,21,23)(H,24,25)/b22-10-. The van der Waals surface area contributed by atoms with Gasteiger partial charge in [0.2, 0.25) is 0 Å². The van der Waals surface area contributed by atoms with Crippen LogP contribution in [-0.4, -0.2) is 17.1 Å². The van der Waals surface area contributed by atoms with E-state index in [4.69, 9.17) is 10.5 Å². The number of nitrogens with zero attached hydrogens (tertiary/aromatic N) is 2.